The summed E-state index contributed by atoms with van der Waals surface area (Å²) < 4.78 is 5.53. The molecule has 5 heteroatoms. The Hall–Kier alpha value is -2.04. The highest BCUT2D eigenvalue weighted by molar-refractivity contribution is 5.76. The molecule has 1 amide bonds. The first-order valence-corrected chi connectivity index (χ1v) is 7.21. The number of nitrogens with zero attached hydrogens (tertiary/aromatic N) is 1. The van der Waals surface area contributed by atoms with Crippen LogP contribution in [0.2, 0.25) is 0 Å². The number of carboxylic acids is 1. The minimum atomic E-state index is -0.832. The molecule has 0 atom stereocenters. The van der Waals surface area contributed by atoms with Crippen molar-refractivity contribution in [1.29, 1.82) is 0 Å². The molecule has 0 aliphatic rings. The predicted octanol–water partition coefficient (Wildman–Crippen LogP) is 2.34. The van der Waals surface area contributed by atoms with Crippen LogP contribution in [0, 0.1) is 0 Å². The molecule has 0 saturated carbocycles. The topological polar surface area (TPSA) is 66.8 Å². The van der Waals surface area contributed by atoms with Crippen LogP contribution in [0.25, 0.3) is 0 Å². The maximum Gasteiger partial charge on any atom is 0.303 e. The number of para-hydroxylation sites is 1. The monoisotopic (exact) mass is 293 g/mol. The molecule has 21 heavy (non-hydrogen) atoms. The second kappa shape index (κ2) is 9.00. The average molecular weight is 293 g/mol. The fraction of sp³-hybridized carbons (Fsp3) is 0.500. The minimum Gasteiger partial charge on any atom is -0.494 e. The van der Waals surface area contributed by atoms with Crippen LogP contribution < -0.4 is 4.74 Å². The first kappa shape index (κ1) is 17.0. The minimum absolute atomic E-state index is 0.0201. The molecule has 0 aliphatic heterocycles. The maximum absolute atomic E-state index is 12.0. The molecule has 0 unspecified atom stereocenters. The summed E-state index contributed by atoms with van der Waals surface area (Å²) in [5.41, 5.74) is 1.02. The predicted molar refractivity (Wildman–Crippen MR) is 80.4 cm³/mol. The van der Waals surface area contributed by atoms with Gasteiger partial charge in [-0.05, 0) is 31.4 Å². The highest BCUT2D eigenvalue weighted by atomic mass is 16.5. The quantitative estimate of drug-likeness (QED) is 0.759. The Balaban J connectivity index is 2.43. The lowest BCUT2D eigenvalue weighted by Gasteiger charge is -2.17. The van der Waals surface area contributed by atoms with E-state index in [-0.39, 0.29) is 12.3 Å². The van der Waals surface area contributed by atoms with Gasteiger partial charge in [-0.2, -0.15) is 0 Å². The van der Waals surface area contributed by atoms with Crippen LogP contribution in [-0.2, 0) is 16.0 Å². The smallest absolute Gasteiger partial charge is 0.303 e. The summed E-state index contributed by atoms with van der Waals surface area (Å²) in [5, 5.41) is 8.58. The van der Waals surface area contributed by atoms with Crippen molar-refractivity contribution < 1.29 is 19.4 Å². The summed E-state index contributed by atoms with van der Waals surface area (Å²) in [7, 11) is 1.71. The number of ether oxygens (including phenoxy) is 1. The Kier molecular flexibility index (Phi) is 7.29. The van der Waals surface area contributed by atoms with Crippen LogP contribution >= 0.6 is 0 Å². The lowest BCUT2D eigenvalue weighted by Crippen LogP contribution is -2.28. The number of amides is 1. The lowest BCUT2D eigenvalue weighted by molar-refractivity contribution is -0.138. The lowest BCUT2D eigenvalue weighted by atomic mass is 10.1. The van der Waals surface area contributed by atoms with Gasteiger partial charge in [0.25, 0.3) is 0 Å². The van der Waals surface area contributed by atoms with Crippen molar-refractivity contribution in [3.63, 3.8) is 0 Å². The number of hydrogen-bond donors (Lipinski definition) is 1. The Bertz CT molecular complexity index is 473. The second-order valence-corrected chi connectivity index (χ2v) is 4.85. The summed E-state index contributed by atoms with van der Waals surface area (Å²) >= 11 is 0. The van der Waals surface area contributed by atoms with Gasteiger partial charge in [-0.3, -0.25) is 9.59 Å². The van der Waals surface area contributed by atoms with E-state index in [9.17, 15) is 9.59 Å². The molecular weight excluding hydrogens is 270 g/mol. The van der Waals surface area contributed by atoms with E-state index in [1.165, 1.54) is 0 Å². The van der Waals surface area contributed by atoms with Crippen LogP contribution in [0.15, 0.2) is 24.3 Å². The standard InChI is InChI=1S/C16H23NO4/c1-3-21-14-8-5-4-7-13(14)10-11-15(18)17(2)12-6-9-16(19)20/h4-5,7-8H,3,6,9-12H2,1-2H3,(H,19,20). The molecule has 1 rings (SSSR count). The van der Waals surface area contributed by atoms with Gasteiger partial charge in [0, 0.05) is 26.4 Å². The van der Waals surface area contributed by atoms with E-state index in [4.69, 9.17) is 9.84 Å². The zero-order chi connectivity index (χ0) is 15.7. The molecule has 0 radical (unpaired) electrons. The van der Waals surface area contributed by atoms with Gasteiger partial charge in [0.05, 0.1) is 6.61 Å². The maximum atomic E-state index is 12.0. The number of aliphatic carboxylic acids is 1. The molecule has 1 aromatic rings. The van der Waals surface area contributed by atoms with E-state index in [0.29, 0.717) is 32.4 Å². The van der Waals surface area contributed by atoms with Crippen LogP contribution in [0.1, 0.15) is 31.7 Å². The molecule has 1 N–H and O–H groups in total. The number of carbonyl (C=O) groups is 2. The van der Waals surface area contributed by atoms with Crippen molar-refractivity contribution in [2.24, 2.45) is 0 Å². The Morgan fingerprint density at radius 3 is 2.62 bits per heavy atom. The van der Waals surface area contributed by atoms with Crippen LogP contribution in [0.5, 0.6) is 5.75 Å². The molecular formula is C16H23NO4. The van der Waals surface area contributed by atoms with Gasteiger partial charge in [-0.15, -0.1) is 0 Å². The van der Waals surface area contributed by atoms with Gasteiger partial charge < -0.3 is 14.7 Å². The number of carboxylic acid groups (broad SMARTS) is 1. The molecule has 0 bridgehead atoms. The third kappa shape index (κ3) is 6.29. The summed E-state index contributed by atoms with van der Waals surface area (Å²) in [6.07, 6.45) is 1.59. The zero-order valence-electron chi connectivity index (χ0n) is 12.7. The van der Waals surface area contributed by atoms with E-state index in [2.05, 4.69) is 0 Å². The number of aryl methyl sites for hydroxylation is 1. The van der Waals surface area contributed by atoms with Crippen molar-refractivity contribution >= 4 is 11.9 Å². The Labute approximate surface area is 125 Å². The molecule has 0 spiro atoms. The van der Waals surface area contributed by atoms with Crippen molar-refractivity contribution in [1.82, 2.24) is 4.90 Å². The van der Waals surface area contributed by atoms with Crippen molar-refractivity contribution in [2.75, 3.05) is 20.2 Å². The van der Waals surface area contributed by atoms with E-state index in [1.54, 1.807) is 11.9 Å². The number of carbonyl (C=O) groups excluding carboxylic acids is 1. The summed E-state index contributed by atoms with van der Waals surface area (Å²) in [6, 6.07) is 7.70. The van der Waals surface area contributed by atoms with Gasteiger partial charge in [-0.1, -0.05) is 18.2 Å². The average Bonchev–Trinajstić information content (AvgIpc) is 2.45. The van der Waals surface area contributed by atoms with Crippen molar-refractivity contribution in [3.8, 4) is 5.75 Å². The second-order valence-electron chi connectivity index (χ2n) is 4.85. The Morgan fingerprint density at radius 2 is 1.95 bits per heavy atom. The van der Waals surface area contributed by atoms with Gasteiger partial charge >= 0.3 is 5.97 Å². The molecule has 0 aliphatic carbocycles. The number of hydrogen-bond acceptors (Lipinski definition) is 3. The summed E-state index contributed by atoms with van der Waals surface area (Å²) in [4.78, 5) is 24.0. The first-order chi connectivity index (χ1) is 10.0. The fourth-order valence-corrected chi connectivity index (χ4v) is 2.03. The highest BCUT2D eigenvalue weighted by Gasteiger charge is 2.11. The SMILES string of the molecule is CCOc1ccccc1CCC(=O)N(C)CCCC(=O)O. The normalized spacial score (nSPS) is 10.2. The molecule has 0 saturated heterocycles. The van der Waals surface area contributed by atoms with Crippen LogP contribution in [-0.4, -0.2) is 42.1 Å². The summed E-state index contributed by atoms with van der Waals surface area (Å²) in [6.45, 7) is 3.00. The number of rotatable bonds is 9. The molecule has 5 nitrogen and oxygen atoms in total. The number of benzene rings is 1. The van der Waals surface area contributed by atoms with E-state index < -0.39 is 5.97 Å². The molecule has 0 fully saturated rings. The molecule has 0 heterocycles. The van der Waals surface area contributed by atoms with Gasteiger partial charge in [0.2, 0.25) is 5.91 Å². The molecule has 1 aromatic carbocycles. The van der Waals surface area contributed by atoms with Crippen molar-refractivity contribution in [2.45, 2.75) is 32.6 Å². The van der Waals surface area contributed by atoms with Gasteiger partial charge in [-0.25, -0.2) is 0 Å². The third-order valence-corrected chi connectivity index (χ3v) is 3.19. The van der Waals surface area contributed by atoms with E-state index in [0.717, 1.165) is 11.3 Å². The Morgan fingerprint density at radius 1 is 1.24 bits per heavy atom. The van der Waals surface area contributed by atoms with E-state index >= 15 is 0 Å². The van der Waals surface area contributed by atoms with Gasteiger partial charge in [0.1, 0.15) is 5.75 Å². The fourth-order valence-electron chi connectivity index (χ4n) is 2.03. The third-order valence-electron chi connectivity index (χ3n) is 3.19. The van der Waals surface area contributed by atoms with Crippen molar-refractivity contribution in [3.05, 3.63) is 29.8 Å². The largest absolute Gasteiger partial charge is 0.494 e. The zero-order valence-corrected chi connectivity index (χ0v) is 12.7. The molecule has 0 aromatic heterocycles. The van der Waals surface area contributed by atoms with E-state index in [1.807, 2.05) is 31.2 Å². The molecule has 116 valence electrons. The van der Waals surface area contributed by atoms with Crippen LogP contribution in [0.4, 0.5) is 0 Å². The first-order valence-electron chi connectivity index (χ1n) is 7.21. The summed E-state index contributed by atoms with van der Waals surface area (Å²) in [5.74, 6) is 0.00881. The van der Waals surface area contributed by atoms with Crippen LogP contribution in [0.3, 0.4) is 0 Å². The highest BCUT2D eigenvalue weighted by Crippen LogP contribution is 2.19. The van der Waals surface area contributed by atoms with Gasteiger partial charge in [0.15, 0.2) is 0 Å².